The van der Waals surface area contributed by atoms with Crippen molar-refractivity contribution in [1.82, 2.24) is 9.80 Å². The van der Waals surface area contributed by atoms with Crippen LogP contribution in [0.15, 0.2) is 24.3 Å². The highest BCUT2D eigenvalue weighted by Crippen LogP contribution is 2.14. The highest BCUT2D eigenvalue weighted by molar-refractivity contribution is 5.79. The Morgan fingerprint density at radius 1 is 1.04 bits per heavy atom. The third-order valence-electron chi connectivity index (χ3n) is 3.89. The minimum atomic E-state index is -0.491. The van der Waals surface area contributed by atoms with Crippen molar-refractivity contribution in [1.29, 1.82) is 0 Å². The first kappa shape index (κ1) is 17.3. The molecular weight excluding hydrogens is 292 g/mol. The standard InChI is InChI=1S/C18H26N2O3/c1-14-7-5-6-8-15(14)13-16(21)19-9-11-20(12-10-19)17(22)23-18(2,3)4/h5-8H,9-13H2,1-4H3. The van der Waals surface area contributed by atoms with Gasteiger partial charge in [-0.3, -0.25) is 4.79 Å². The van der Waals surface area contributed by atoms with Gasteiger partial charge in [-0.05, 0) is 38.8 Å². The van der Waals surface area contributed by atoms with E-state index in [1.807, 2.05) is 56.9 Å². The molecule has 0 radical (unpaired) electrons. The van der Waals surface area contributed by atoms with Crippen LogP contribution in [-0.4, -0.2) is 53.6 Å². The van der Waals surface area contributed by atoms with Crippen molar-refractivity contribution in [3.05, 3.63) is 35.4 Å². The maximum absolute atomic E-state index is 12.4. The summed E-state index contributed by atoms with van der Waals surface area (Å²) < 4.78 is 5.37. The number of rotatable bonds is 2. The molecule has 2 amide bonds. The van der Waals surface area contributed by atoms with E-state index >= 15 is 0 Å². The molecule has 1 aromatic rings. The average Bonchev–Trinajstić information content (AvgIpc) is 2.48. The summed E-state index contributed by atoms with van der Waals surface area (Å²) in [5.74, 6) is 0.114. The van der Waals surface area contributed by atoms with Gasteiger partial charge in [0.05, 0.1) is 6.42 Å². The molecule has 1 saturated heterocycles. The molecule has 5 nitrogen and oxygen atoms in total. The quantitative estimate of drug-likeness (QED) is 0.842. The SMILES string of the molecule is Cc1ccccc1CC(=O)N1CCN(C(=O)OC(C)(C)C)CC1. The van der Waals surface area contributed by atoms with Crippen molar-refractivity contribution in [3.63, 3.8) is 0 Å². The molecule has 0 spiro atoms. The molecule has 2 rings (SSSR count). The molecule has 1 fully saturated rings. The van der Waals surface area contributed by atoms with Gasteiger partial charge in [0.1, 0.15) is 5.60 Å². The average molecular weight is 318 g/mol. The third kappa shape index (κ3) is 4.98. The minimum absolute atomic E-state index is 0.114. The van der Waals surface area contributed by atoms with Crippen LogP contribution in [0.3, 0.4) is 0 Å². The van der Waals surface area contributed by atoms with E-state index in [9.17, 15) is 9.59 Å². The Hall–Kier alpha value is -2.04. The Morgan fingerprint density at radius 2 is 1.61 bits per heavy atom. The molecule has 0 N–H and O–H groups in total. The normalized spacial score (nSPS) is 15.5. The van der Waals surface area contributed by atoms with Gasteiger partial charge in [0.15, 0.2) is 0 Å². The van der Waals surface area contributed by atoms with Crippen LogP contribution in [0.5, 0.6) is 0 Å². The summed E-state index contributed by atoms with van der Waals surface area (Å²) in [6.45, 7) is 9.74. The van der Waals surface area contributed by atoms with E-state index in [1.54, 1.807) is 4.90 Å². The number of carbonyl (C=O) groups is 2. The number of carbonyl (C=O) groups excluding carboxylic acids is 2. The van der Waals surface area contributed by atoms with Gasteiger partial charge >= 0.3 is 6.09 Å². The van der Waals surface area contributed by atoms with Crippen LogP contribution >= 0.6 is 0 Å². The highest BCUT2D eigenvalue weighted by Gasteiger charge is 2.27. The first-order valence-corrected chi connectivity index (χ1v) is 8.06. The lowest BCUT2D eigenvalue weighted by Crippen LogP contribution is -2.52. The second kappa shape index (κ2) is 7.02. The fraction of sp³-hybridized carbons (Fsp3) is 0.556. The van der Waals surface area contributed by atoms with Crippen LogP contribution in [0.4, 0.5) is 4.79 Å². The Bertz CT molecular complexity index is 570. The van der Waals surface area contributed by atoms with Crippen LogP contribution < -0.4 is 0 Å². The van der Waals surface area contributed by atoms with Gasteiger partial charge in [0, 0.05) is 26.2 Å². The van der Waals surface area contributed by atoms with Gasteiger partial charge < -0.3 is 14.5 Å². The van der Waals surface area contributed by atoms with Crippen LogP contribution in [-0.2, 0) is 16.0 Å². The molecular formula is C18H26N2O3. The first-order chi connectivity index (χ1) is 10.8. The van der Waals surface area contributed by atoms with Crippen molar-refractivity contribution in [2.24, 2.45) is 0 Å². The zero-order valence-electron chi connectivity index (χ0n) is 14.5. The topological polar surface area (TPSA) is 49.9 Å². The minimum Gasteiger partial charge on any atom is -0.444 e. The number of aryl methyl sites for hydroxylation is 1. The van der Waals surface area contributed by atoms with Crippen molar-refractivity contribution < 1.29 is 14.3 Å². The van der Waals surface area contributed by atoms with E-state index in [0.717, 1.165) is 11.1 Å². The zero-order valence-corrected chi connectivity index (χ0v) is 14.5. The Balaban J connectivity index is 1.85. The fourth-order valence-corrected chi connectivity index (χ4v) is 2.55. The lowest BCUT2D eigenvalue weighted by Gasteiger charge is -2.35. The van der Waals surface area contributed by atoms with Crippen molar-refractivity contribution in [3.8, 4) is 0 Å². The smallest absolute Gasteiger partial charge is 0.410 e. The Morgan fingerprint density at radius 3 is 2.17 bits per heavy atom. The largest absolute Gasteiger partial charge is 0.444 e. The monoisotopic (exact) mass is 318 g/mol. The molecule has 0 saturated carbocycles. The lowest BCUT2D eigenvalue weighted by molar-refractivity contribution is -0.132. The second-order valence-corrected chi connectivity index (χ2v) is 6.95. The molecule has 0 bridgehead atoms. The summed E-state index contributed by atoms with van der Waals surface area (Å²) >= 11 is 0. The fourth-order valence-electron chi connectivity index (χ4n) is 2.55. The molecule has 5 heteroatoms. The lowest BCUT2D eigenvalue weighted by atomic mass is 10.1. The van der Waals surface area contributed by atoms with E-state index in [-0.39, 0.29) is 12.0 Å². The van der Waals surface area contributed by atoms with Crippen molar-refractivity contribution in [2.45, 2.75) is 39.7 Å². The molecule has 1 heterocycles. The predicted molar refractivity (Wildman–Crippen MR) is 89.3 cm³/mol. The summed E-state index contributed by atoms with van der Waals surface area (Å²) in [7, 11) is 0. The van der Waals surface area contributed by atoms with Gasteiger partial charge in [-0.2, -0.15) is 0 Å². The number of nitrogens with zero attached hydrogens (tertiary/aromatic N) is 2. The molecule has 0 aliphatic carbocycles. The van der Waals surface area contributed by atoms with Crippen LogP contribution in [0.2, 0.25) is 0 Å². The van der Waals surface area contributed by atoms with Gasteiger partial charge in [0.2, 0.25) is 5.91 Å². The second-order valence-electron chi connectivity index (χ2n) is 6.95. The van der Waals surface area contributed by atoms with Gasteiger partial charge in [0.25, 0.3) is 0 Å². The predicted octanol–water partition coefficient (Wildman–Crippen LogP) is 2.62. The maximum atomic E-state index is 12.4. The first-order valence-electron chi connectivity index (χ1n) is 8.06. The Labute approximate surface area is 138 Å². The molecule has 1 aliphatic rings. The van der Waals surface area contributed by atoms with Crippen LogP contribution in [0.1, 0.15) is 31.9 Å². The Kier molecular flexibility index (Phi) is 5.29. The van der Waals surface area contributed by atoms with Gasteiger partial charge in [-0.15, -0.1) is 0 Å². The molecule has 23 heavy (non-hydrogen) atoms. The number of amides is 2. The summed E-state index contributed by atoms with van der Waals surface area (Å²) in [6.07, 6.45) is 0.113. The molecule has 1 aliphatic heterocycles. The summed E-state index contributed by atoms with van der Waals surface area (Å²) in [5.41, 5.74) is 1.70. The molecule has 0 aromatic heterocycles. The third-order valence-corrected chi connectivity index (χ3v) is 3.89. The number of ether oxygens (including phenoxy) is 1. The number of piperazine rings is 1. The summed E-state index contributed by atoms with van der Waals surface area (Å²) in [5, 5.41) is 0. The molecule has 0 atom stereocenters. The molecule has 126 valence electrons. The summed E-state index contributed by atoms with van der Waals surface area (Å²) in [4.78, 5) is 27.9. The van der Waals surface area contributed by atoms with Crippen molar-refractivity contribution >= 4 is 12.0 Å². The maximum Gasteiger partial charge on any atom is 0.410 e. The van der Waals surface area contributed by atoms with E-state index in [2.05, 4.69) is 0 Å². The van der Waals surface area contributed by atoms with Gasteiger partial charge in [-0.25, -0.2) is 4.79 Å². The zero-order chi connectivity index (χ0) is 17.0. The van der Waals surface area contributed by atoms with E-state index in [1.165, 1.54) is 0 Å². The van der Waals surface area contributed by atoms with Crippen LogP contribution in [0.25, 0.3) is 0 Å². The number of hydrogen-bond donors (Lipinski definition) is 0. The van der Waals surface area contributed by atoms with Crippen LogP contribution in [0, 0.1) is 6.92 Å². The number of hydrogen-bond acceptors (Lipinski definition) is 3. The van der Waals surface area contributed by atoms with E-state index in [0.29, 0.717) is 32.6 Å². The van der Waals surface area contributed by atoms with Crippen molar-refractivity contribution in [2.75, 3.05) is 26.2 Å². The number of benzene rings is 1. The van der Waals surface area contributed by atoms with Gasteiger partial charge in [-0.1, -0.05) is 24.3 Å². The molecule has 0 unspecified atom stereocenters. The summed E-state index contributed by atoms with van der Waals surface area (Å²) in [6, 6.07) is 7.94. The molecule has 1 aromatic carbocycles. The van der Waals surface area contributed by atoms with E-state index < -0.39 is 5.60 Å². The van der Waals surface area contributed by atoms with E-state index in [4.69, 9.17) is 4.74 Å². The highest BCUT2D eigenvalue weighted by atomic mass is 16.6.